The van der Waals surface area contributed by atoms with Gasteiger partial charge >= 0.3 is 0 Å². The zero-order valence-electron chi connectivity index (χ0n) is 19.8. The van der Waals surface area contributed by atoms with E-state index in [0.717, 1.165) is 64.6 Å². The summed E-state index contributed by atoms with van der Waals surface area (Å²) >= 11 is 0. The van der Waals surface area contributed by atoms with Crippen molar-refractivity contribution in [3.8, 4) is 0 Å². The summed E-state index contributed by atoms with van der Waals surface area (Å²) in [5.74, 6) is 1.25. The summed E-state index contributed by atoms with van der Waals surface area (Å²) in [6, 6.07) is 0.186. The smallest absolute Gasteiger partial charge is 0.236 e. The number of rotatable bonds is 7. The second-order valence-corrected chi connectivity index (χ2v) is 8.83. The first-order valence-electron chi connectivity index (χ1n) is 11.7. The number of likely N-dealkylation sites (tertiary alicyclic amines) is 1. The van der Waals surface area contributed by atoms with Crippen LogP contribution in [-0.4, -0.2) is 114 Å². The molecular formula is C22H40N8O. The quantitative estimate of drug-likeness (QED) is 0.503. The van der Waals surface area contributed by atoms with Crippen LogP contribution in [0, 0.1) is 0 Å². The maximum Gasteiger partial charge on any atom is 0.236 e. The Bertz CT molecular complexity index is 717. The molecule has 1 atom stereocenters. The van der Waals surface area contributed by atoms with E-state index in [1.165, 1.54) is 12.0 Å². The number of amides is 1. The van der Waals surface area contributed by atoms with Crippen LogP contribution in [-0.2, 0) is 11.8 Å². The number of piperazine rings is 1. The summed E-state index contributed by atoms with van der Waals surface area (Å²) in [6.45, 7) is 9.59. The van der Waals surface area contributed by atoms with Crippen LogP contribution >= 0.6 is 0 Å². The highest BCUT2D eigenvalue weighted by Gasteiger charge is 2.24. The van der Waals surface area contributed by atoms with Gasteiger partial charge in [0, 0.05) is 64.6 Å². The first-order valence-corrected chi connectivity index (χ1v) is 11.7. The van der Waals surface area contributed by atoms with E-state index in [1.54, 1.807) is 0 Å². The molecule has 1 aromatic rings. The molecule has 9 heteroatoms. The molecule has 1 aromatic heterocycles. The largest absolute Gasteiger partial charge is 0.357 e. The minimum Gasteiger partial charge on any atom is -0.357 e. The molecule has 9 nitrogen and oxygen atoms in total. The number of carbonyl (C=O) groups excluding carboxylic acids is 1. The summed E-state index contributed by atoms with van der Waals surface area (Å²) in [7, 11) is 6.11. The second kappa shape index (κ2) is 11.5. The average molecular weight is 433 g/mol. The molecule has 0 radical (unpaired) electrons. The molecule has 3 rings (SSSR count). The molecule has 0 bridgehead atoms. The molecule has 2 aliphatic rings. The lowest BCUT2D eigenvalue weighted by atomic mass is 10.1. The van der Waals surface area contributed by atoms with Crippen molar-refractivity contribution in [2.45, 2.75) is 32.2 Å². The van der Waals surface area contributed by atoms with Crippen LogP contribution in [0.3, 0.4) is 0 Å². The number of carbonyl (C=O) groups is 1. The molecule has 0 aliphatic carbocycles. The van der Waals surface area contributed by atoms with Gasteiger partial charge in [0.25, 0.3) is 0 Å². The topological polar surface area (TPSA) is 72.2 Å². The molecule has 31 heavy (non-hydrogen) atoms. The summed E-state index contributed by atoms with van der Waals surface area (Å²) in [4.78, 5) is 26.4. The van der Waals surface area contributed by atoms with E-state index in [0.29, 0.717) is 19.0 Å². The van der Waals surface area contributed by atoms with Crippen LogP contribution in [0.2, 0.25) is 0 Å². The highest BCUT2D eigenvalue weighted by Crippen LogP contribution is 2.18. The zero-order valence-corrected chi connectivity index (χ0v) is 19.8. The first-order chi connectivity index (χ1) is 15.0. The fourth-order valence-corrected chi connectivity index (χ4v) is 4.33. The molecule has 1 unspecified atom stereocenters. The molecule has 1 N–H and O–H groups in total. The molecule has 2 aliphatic heterocycles. The van der Waals surface area contributed by atoms with Gasteiger partial charge in [0.05, 0.1) is 25.3 Å². The lowest BCUT2D eigenvalue weighted by molar-refractivity contribution is -0.133. The van der Waals surface area contributed by atoms with Gasteiger partial charge in [0.1, 0.15) is 0 Å². The summed E-state index contributed by atoms with van der Waals surface area (Å²) < 4.78 is 1.84. The van der Waals surface area contributed by atoms with Crippen LogP contribution in [0.5, 0.6) is 0 Å². The maximum atomic E-state index is 12.6. The predicted octanol–water partition coefficient (Wildman–Crippen LogP) is 0.618. The molecule has 0 saturated carbocycles. The van der Waals surface area contributed by atoms with Gasteiger partial charge in [0.2, 0.25) is 5.91 Å². The van der Waals surface area contributed by atoms with E-state index in [4.69, 9.17) is 4.99 Å². The fraction of sp³-hybridized carbons (Fsp3) is 0.773. The minimum atomic E-state index is 0.186. The summed E-state index contributed by atoms with van der Waals surface area (Å²) in [5.41, 5.74) is 1.17. The second-order valence-electron chi connectivity index (χ2n) is 8.83. The fourth-order valence-electron chi connectivity index (χ4n) is 4.33. The van der Waals surface area contributed by atoms with Crippen molar-refractivity contribution in [1.82, 2.24) is 34.7 Å². The average Bonchev–Trinajstić information content (AvgIpc) is 3.20. The molecule has 0 aromatic carbocycles. The van der Waals surface area contributed by atoms with E-state index in [-0.39, 0.29) is 6.04 Å². The van der Waals surface area contributed by atoms with Crippen LogP contribution in [0.1, 0.15) is 37.8 Å². The SMILES string of the molecule is CCNC(=NCC(c1cnn(C)c1)N(C)C)N1CCN(CC(=O)N2CCCCC2)CC1. The number of nitrogens with one attached hydrogen (secondary N) is 1. The van der Waals surface area contributed by atoms with Crippen molar-refractivity contribution in [2.24, 2.45) is 12.0 Å². The summed E-state index contributed by atoms with van der Waals surface area (Å²) in [5, 5.41) is 7.77. The van der Waals surface area contributed by atoms with Crippen LogP contribution < -0.4 is 5.32 Å². The van der Waals surface area contributed by atoms with Crippen molar-refractivity contribution in [3.63, 3.8) is 0 Å². The number of hydrogen-bond acceptors (Lipinski definition) is 5. The molecule has 2 fully saturated rings. The first kappa shape index (κ1) is 23.5. The van der Waals surface area contributed by atoms with Crippen LogP contribution in [0.4, 0.5) is 0 Å². The van der Waals surface area contributed by atoms with Crippen LogP contribution in [0.25, 0.3) is 0 Å². The third kappa shape index (κ3) is 6.67. The van der Waals surface area contributed by atoms with Gasteiger partial charge in [-0.15, -0.1) is 0 Å². The number of aliphatic imine (C=N–C) groups is 1. The molecule has 2 saturated heterocycles. The normalized spacial score (nSPS) is 19.7. The van der Waals surface area contributed by atoms with Gasteiger partial charge in [-0.25, -0.2) is 0 Å². The number of hydrogen-bond donors (Lipinski definition) is 1. The Balaban J connectivity index is 1.54. The van der Waals surface area contributed by atoms with E-state index in [1.807, 2.05) is 22.8 Å². The number of likely N-dealkylation sites (N-methyl/N-ethyl adjacent to an activating group) is 1. The highest BCUT2D eigenvalue weighted by molar-refractivity contribution is 5.80. The summed E-state index contributed by atoms with van der Waals surface area (Å²) in [6.07, 6.45) is 7.53. The Hall–Kier alpha value is -2.13. The molecular weight excluding hydrogens is 392 g/mol. The molecule has 3 heterocycles. The molecule has 1 amide bonds. The number of aromatic nitrogens is 2. The van der Waals surface area contributed by atoms with Gasteiger partial charge in [-0.3, -0.25) is 19.4 Å². The lowest BCUT2D eigenvalue weighted by Crippen LogP contribution is -2.54. The maximum absolute atomic E-state index is 12.6. The Morgan fingerprint density at radius 1 is 1.13 bits per heavy atom. The minimum absolute atomic E-state index is 0.186. The number of nitrogens with zero attached hydrogens (tertiary/aromatic N) is 7. The van der Waals surface area contributed by atoms with E-state index in [2.05, 4.69) is 52.3 Å². The van der Waals surface area contributed by atoms with Crippen molar-refractivity contribution in [1.29, 1.82) is 0 Å². The zero-order chi connectivity index (χ0) is 22.2. The monoisotopic (exact) mass is 432 g/mol. The van der Waals surface area contributed by atoms with Crippen molar-refractivity contribution < 1.29 is 4.79 Å². The number of guanidine groups is 1. The Morgan fingerprint density at radius 2 is 1.84 bits per heavy atom. The highest BCUT2D eigenvalue weighted by atomic mass is 16.2. The van der Waals surface area contributed by atoms with E-state index < -0.39 is 0 Å². The molecule has 0 spiro atoms. The van der Waals surface area contributed by atoms with Crippen LogP contribution in [0.15, 0.2) is 17.4 Å². The lowest BCUT2D eigenvalue weighted by Gasteiger charge is -2.37. The van der Waals surface area contributed by atoms with Gasteiger partial charge in [-0.05, 0) is 40.3 Å². The Kier molecular flexibility index (Phi) is 8.71. The van der Waals surface area contributed by atoms with Crippen molar-refractivity contribution in [3.05, 3.63) is 18.0 Å². The standard InChI is InChI=1S/C22H40N8O/c1-5-23-22(24-16-20(26(2)3)19-15-25-27(4)17-19)30-13-11-28(12-14-30)18-21(31)29-9-7-6-8-10-29/h15,17,20H,5-14,16,18H2,1-4H3,(H,23,24). The van der Waals surface area contributed by atoms with Gasteiger partial charge in [0.15, 0.2) is 5.96 Å². The third-order valence-electron chi connectivity index (χ3n) is 6.22. The predicted molar refractivity (Wildman–Crippen MR) is 124 cm³/mol. The van der Waals surface area contributed by atoms with E-state index >= 15 is 0 Å². The van der Waals surface area contributed by atoms with Gasteiger partial charge in [-0.2, -0.15) is 5.10 Å². The van der Waals surface area contributed by atoms with Gasteiger partial charge in [-0.1, -0.05) is 0 Å². The number of aryl methyl sites for hydroxylation is 1. The molecule has 174 valence electrons. The van der Waals surface area contributed by atoms with E-state index in [9.17, 15) is 4.79 Å². The Labute approximate surface area is 187 Å². The number of piperidine rings is 1. The van der Waals surface area contributed by atoms with Gasteiger partial charge < -0.3 is 20.0 Å². The van der Waals surface area contributed by atoms with Crippen molar-refractivity contribution >= 4 is 11.9 Å². The Morgan fingerprint density at radius 3 is 2.42 bits per heavy atom. The van der Waals surface area contributed by atoms with Crippen molar-refractivity contribution in [2.75, 3.05) is 73.0 Å². The third-order valence-corrected chi connectivity index (χ3v) is 6.22.